The first-order valence-corrected chi connectivity index (χ1v) is 5.14. The first-order valence-electron chi connectivity index (χ1n) is 3.46. The second-order valence-electron chi connectivity index (χ2n) is 2.76. The third kappa shape index (κ3) is 4.50. The molecule has 0 aliphatic carbocycles. The van der Waals surface area contributed by atoms with Crippen molar-refractivity contribution in [3.05, 3.63) is 0 Å². The lowest BCUT2D eigenvalue weighted by atomic mass is 10.7. The molecule has 2 N–H and O–H groups in total. The van der Waals surface area contributed by atoms with E-state index in [-0.39, 0.29) is 0 Å². The Morgan fingerprint density at radius 1 is 1.40 bits per heavy atom. The fourth-order valence-corrected chi connectivity index (χ4v) is 1.14. The van der Waals surface area contributed by atoms with Crippen molar-refractivity contribution in [3.63, 3.8) is 0 Å². The fourth-order valence-electron chi connectivity index (χ4n) is 0.527. The molecule has 0 radical (unpaired) electrons. The fraction of sp³-hybridized carbons (Fsp3) is 0.800. The number of hydrogen-bond acceptors (Lipinski definition) is 3. The summed E-state index contributed by atoms with van der Waals surface area (Å²) in [5.74, 6) is -3.43. The van der Waals surface area contributed by atoms with Crippen LogP contribution in [0.1, 0.15) is 0 Å². The molecule has 6 nitrogen and oxygen atoms in total. The van der Waals surface area contributed by atoms with Crippen LogP contribution in [0.25, 0.3) is 0 Å². The first-order chi connectivity index (χ1) is 6.46. The maximum Gasteiger partial charge on any atom is 0.437 e. The lowest BCUT2D eigenvalue weighted by molar-refractivity contribution is -0.183. The summed E-state index contributed by atoms with van der Waals surface area (Å²) < 4.78 is 50.2. The minimum Gasteiger partial charge on any atom is -0.423 e. The standard InChI is InChI=1S/C5H9F3NO5P/c1-9(2)4(10)14-3(5(6,7)8)15(11,12)13/h3H,1-2H3,(H2,11,12,13). The van der Waals surface area contributed by atoms with E-state index < -0.39 is 25.7 Å². The molecule has 0 bridgehead atoms. The van der Waals surface area contributed by atoms with E-state index in [0.717, 1.165) is 14.1 Å². The third-order valence-electron chi connectivity index (χ3n) is 1.16. The Morgan fingerprint density at radius 3 is 2.00 bits per heavy atom. The number of nitrogens with zero attached hydrogens (tertiary/aromatic N) is 1. The van der Waals surface area contributed by atoms with Crippen molar-refractivity contribution in [2.45, 2.75) is 12.0 Å². The van der Waals surface area contributed by atoms with Gasteiger partial charge in [0.1, 0.15) is 0 Å². The maximum atomic E-state index is 12.1. The van der Waals surface area contributed by atoms with Crippen molar-refractivity contribution in [3.8, 4) is 0 Å². The summed E-state index contributed by atoms with van der Waals surface area (Å²) in [6.45, 7) is 0. The molecule has 0 saturated carbocycles. The molecule has 1 amide bonds. The quantitative estimate of drug-likeness (QED) is 0.707. The molecule has 0 aliphatic heterocycles. The Hall–Kier alpha value is -0.790. The number of rotatable bonds is 2. The number of carbonyl (C=O) groups excluding carboxylic acids is 1. The summed E-state index contributed by atoms with van der Waals surface area (Å²) in [7, 11) is -3.43. The van der Waals surface area contributed by atoms with Crippen LogP contribution in [0.3, 0.4) is 0 Å². The summed E-state index contributed by atoms with van der Waals surface area (Å²) in [4.78, 5) is 28.0. The van der Waals surface area contributed by atoms with Gasteiger partial charge in [0.2, 0.25) is 0 Å². The van der Waals surface area contributed by atoms with E-state index in [4.69, 9.17) is 9.79 Å². The molecule has 0 fully saturated rings. The van der Waals surface area contributed by atoms with Gasteiger partial charge in [-0.25, -0.2) is 4.79 Å². The van der Waals surface area contributed by atoms with E-state index in [1.165, 1.54) is 0 Å². The molecule has 0 aliphatic rings. The number of ether oxygens (including phenoxy) is 1. The first kappa shape index (κ1) is 14.2. The highest BCUT2D eigenvalue weighted by molar-refractivity contribution is 7.52. The minimum absolute atomic E-state index is 0.619. The largest absolute Gasteiger partial charge is 0.437 e. The van der Waals surface area contributed by atoms with Crippen molar-refractivity contribution in [2.75, 3.05) is 14.1 Å². The molecule has 90 valence electrons. The Kier molecular flexibility index (Phi) is 4.15. The molecule has 0 aromatic heterocycles. The SMILES string of the molecule is CN(C)C(=O)OC(C(F)(F)F)P(=O)(O)O. The molecule has 1 atom stereocenters. The average molecular weight is 251 g/mol. The number of hydrogen-bond donors (Lipinski definition) is 2. The summed E-state index contributed by atoms with van der Waals surface area (Å²) in [6.07, 6.45) is -6.80. The van der Waals surface area contributed by atoms with E-state index in [9.17, 15) is 22.5 Å². The van der Waals surface area contributed by atoms with Gasteiger partial charge in [-0.2, -0.15) is 13.2 Å². The zero-order valence-corrected chi connectivity index (χ0v) is 8.62. The Morgan fingerprint density at radius 2 is 1.80 bits per heavy atom. The van der Waals surface area contributed by atoms with Crippen molar-refractivity contribution >= 4 is 13.7 Å². The summed E-state index contributed by atoms with van der Waals surface area (Å²) in [6, 6.07) is 0. The second-order valence-corrected chi connectivity index (χ2v) is 4.41. The summed E-state index contributed by atoms with van der Waals surface area (Å²) in [5.41, 5.74) is 0. The topological polar surface area (TPSA) is 87.1 Å². The van der Waals surface area contributed by atoms with Gasteiger partial charge < -0.3 is 19.4 Å². The second kappa shape index (κ2) is 4.38. The molecule has 0 heterocycles. The molecule has 0 spiro atoms. The van der Waals surface area contributed by atoms with Gasteiger partial charge in [0.25, 0.3) is 5.85 Å². The number of halogens is 3. The van der Waals surface area contributed by atoms with Crippen LogP contribution >= 0.6 is 7.60 Å². The number of carbonyl (C=O) groups is 1. The highest BCUT2D eigenvalue weighted by Crippen LogP contribution is 2.49. The molecule has 10 heteroatoms. The van der Waals surface area contributed by atoms with Gasteiger partial charge >= 0.3 is 19.9 Å². The van der Waals surface area contributed by atoms with E-state index in [1.54, 1.807) is 0 Å². The normalized spacial score (nSPS) is 14.6. The smallest absolute Gasteiger partial charge is 0.423 e. The van der Waals surface area contributed by atoms with Crippen LogP contribution < -0.4 is 0 Å². The van der Waals surface area contributed by atoms with Gasteiger partial charge in [-0.15, -0.1) is 0 Å². The lowest BCUT2D eigenvalue weighted by Crippen LogP contribution is -2.37. The van der Waals surface area contributed by atoms with Gasteiger partial charge in [-0.3, -0.25) is 4.57 Å². The minimum atomic E-state index is -5.59. The maximum absolute atomic E-state index is 12.1. The van der Waals surface area contributed by atoms with Crippen molar-refractivity contribution < 1.29 is 37.1 Å². The summed E-state index contributed by atoms with van der Waals surface area (Å²) in [5, 5.41) is 0. The average Bonchev–Trinajstić information content (AvgIpc) is 1.94. The van der Waals surface area contributed by atoms with Crippen molar-refractivity contribution in [1.82, 2.24) is 4.90 Å². The van der Waals surface area contributed by atoms with Crippen LogP contribution in [0, 0.1) is 0 Å². The molecule has 0 saturated heterocycles. The molecule has 0 rings (SSSR count). The zero-order valence-electron chi connectivity index (χ0n) is 7.72. The van der Waals surface area contributed by atoms with Crippen LogP contribution in [-0.2, 0) is 9.30 Å². The number of amides is 1. The van der Waals surface area contributed by atoms with Crippen molar-refractivity contribution in [2.24, 2.45) is 0 Å². The number of alkyl halides is 3. The predicted octanol–water partition coefficient (Wildman–Crippen LogP) is 0.751. The van der Waals surface area contributed by atoms with Gasteiger partial charge in [-0.05, 0) is 0 Å². The lowest BCUT2D eigenvalue weighted by Gasteiger charge is -2.22. The molecule has 0 aromatic carbocycles. The molecule has 15 heavy (non-hydrogen) atoms. The van der Waals surface area contributed by atoms with Crippen LogP contribution in [-0.4, -0.2) is 46.9 Å². The molecule has 1 unspecified atom stereocenters. The van der Waals surface area contributed by atoms with E-state index in [0.29, 0.717) is 4.90 Å². The van der Waals surface area contributed by atoms with Crippen LogP contribution in [0.4, 0.5) is 18.0 Å². The molecular formula is C5H9F3NO5P. The monoisotopic (exact) mass is 251 g/mol. The van der Waals surface area contributed by atoms with Crippen LogP contribution in [0.5, 0.6) is 0 Å². The van der Waals surface area contributed by atoms with Gasteiger partial charge in [0, 0.05) is 14.1 Å². The highest BCUT2D eigenvalue weighted by atomic mass is 31.2. The van der Waals surface area contributed by atoms with E-state index in [2.05, 4.69) is 4.74 Å². The van der Waals surface area contributed by atoms with Gasteiger partial charge in [0.05, 0.1) is 0 Å². The van der Waals surface area contributed by atoms with E-state index in [1.807, 2.05) is 0 Å². The Bertz CT molecular complexity index is 285. The van der Waals surface area contributed by atoms with Gasteiger partial charge in [0.15, 0.2) is 0 Å². The van der Waals surface area contributed by atoms with Crippen LogP contribution in [0.2, 0.25) is 0 Å². The predicted molar refractivity (Wildman–Crippen MR) is 42.1 cm³/mol. The van der Waals surface area contributed by atoms with Crippen molar-refractivity contribution in [1.29, 1.82) is 0 Å². The van der Waals surface area contributed by atoms with Crippen LogP contribution in [0.15, 0.2) is 0 Å². The van der Waals surface area contributed by atoms with E-state index >= 15 is 0 Å². The molecular weight excluding hydrogens is 242 g/mol. The third-order valence-corrected chi connectivity index (χ3v) is 2.17. The zero-order chi connectivity index (χ0) is 12.4. The highest BCUT2D eigenvalue weighted by Gasteiger charge is 2.54. The Labute approximate surface area is 82.8 Å². The Balaban J connectivity index is 4.86. The summed E-state index contributed by atoms with van der Waals surface area (Å²) >= 11 is 0. The van der Waals surface area contributed by atoms with Gasteiger partial charge in [-0.1, -0.05) is 0 Å². The molecule has 0 aromatic rings.